The van der Waals surface area contributed by atoms with E-state index in [-0.39, 0.29) is 0 Å². The molecule has 0 aliphatic carbocycles. The van der Waals surface area contributed by atoms with Gasteiger partial charge in [0.05, 0.1) is 0 Å². The monoisotopic (exact) mass is 222 g/mol. The molecule has 1 amide bonds. The van der Waals surface area contributed by atoms with Gasteiger partial charge in [0.1, 0.15) is 0 Å². The van der Waals surface area contributed by atoms with Crippen LogP contribution in [0, 0.1) is 5.92 Å². The van der Waals surface area contributed by atoms with Crippen LogP contribution in [0.4, 0.5) is 0 Å². The van der Waals surface area contributed by atoms with Gasteiger partial charge in [0.25, 0.3) is 0 Å². The first kappa shape index (κ1) is 11.6. The summed E-state index contributed by atoms with van der Waals surface area (Å²) in [5.74, 6) is 1.07. The van der Waals surface area contributed by atoms with Crippen molar-refractivity contribution in [1.29, 1.82) is 0 Å². The molecule has 1 N–H and O–H groups in total. The van der Waals surface area contributed by atoms with Gasteiger partial charge in [-0.05, 0) is 45.2 Å². The lowest BCUT2D eigenvalue weighted by Gasteiger charge is -2.26. The van der Waals surface area contributed by atoms with E-state index >= 15 is 0 Å². The summed E-state index contributed by atoms with van der Waals surface area (Å²) in [5, 5.41) is 3.35. The minimum Gasteiger partial charge on any atom is -0.338 e. The Morgan fingerprint density at radius 3 is 3.19 bits per heavy atom. The van der Waals surface area contributed by atoms with Gasteiger partial charge < -0.3 is 10.2 Å². The van der Waals surface area contributed by atoms with Gasteiger partial charge in [-0.25, -0.2) is 0 Å². The average molecular weight is 222 g/mol. The standard InChI is InChI=1S/C13H22N2O/c1-11-3-2-8-15(10-11)13(16)5-4-12-6-7-14-9-12/h3,12,14H,2,4-10H2,1H3. The van der Waals surface area contributed by atoms with E-state index in [9.17, 15) is 4.79 Å². The van der Waals surface area contributed by atoms with E-state index in [0.29, 0.717) is 5.91 Å². The molecule has 0 bridgehead atoms. The van der Waals surface area contributed by atoms with E-state index in [0.717, 1.165) is 51.4 Å². The molecule has 1 saturated heterocycles. The second-order valence-corrected chi connectivity index (χ2v) is 5.05. The van der Waals surface area contributed by atoms with E-state index < -0.39 is 0 Å². The zero-order valence-electron chi connectivity index (χ0n) is 10.2. The Kier molecular flexibility index (Phi) is 3.99. The molecule has 16 heavy (non-hydrogen) atoms. The molecule has 2 heterocycles. The topological polar surface area (TPSA) is 32.3 Å². The maximum Gasteiger partial charge on any atom is 0.222 e. The van der Waals surface area contributed by atoms with Gasteiger partial charge in [0, 0.05) is 19.5 Å². The Balaban J connectivity index is 1.72. The van der Waals surface area contributed by atoms with Crippen molar-refractivity contribution in [3.05, 3.63) is 11.6 Å². The van der Waals surface area contributed by atoms with Crippen LogP contribution in [0.15, 0.2) is 11.6 Å². The third-order valence-corrected chi connectivity index (χ3v) is 3.61. The second-order valence-electron chi connectivity index (χ2n) is 5.05. The smallest absolute Gasteiger partial charge is 0.222 e. The van der Waals surface area contributed by atoms with Crippen molar-refractivity contribution in [2.45, 2.75) is 32.6 Å². The Hall–Kier alpha value is -0.830. The van der Waals surface area contributed by atoms with Crippen molar-refractivity contribution in [1.82, 2.24) is 10.2 Å². The molecule has 1 unspecified atom stereocenters. The van der Waals surface area contributed by atoms with Gasteiger partial charge in [-0.15, -0.1) is 0 Å². The molecular formula is C13H22N2O. The summed E-state index contributed by atoms with van der Waals surface area (Å²) in [4.78, 5) is 14.0. The van der Waals surface area contributed by atoms with Crippen LogP contribution >= 0.6 is 0 Å². The predicted octanol–water partition coefficient (Wildman–Crippen LogP) is 1.55. The lowest BCUT2D eigenvalue weighted by molar-refractivity contribution is -0.131. The number of nitrogens with one attached hydrogen (secondary N) is 1. The highest BCUT2D eigenvalue weighted by Crippen LogP contribution is 2.17. The zero-order chi connectivity index (χ0) is 11.4. The number of amides is 1. The van der Waals surface area contributed by atoms with E-state index in [2.05, 4.69) is 18.3 Å². The molecule has 0 saturated carbocycles. The molecule has 2 aliphatic rings. The largest absolute Gasteiger partial charge is 0.338 e. The van der Waals surface area contributed by atoms with Crippen LogP contribution in [0.1, 0.15) is 32.6 Å². The second kappa shape index (κ2) is 5.48. The molecule has 2 rings (SSSR count). The fourth-order valence-corrected chi connectivity index (χ4v) is 2.57. The Labute approximate surface area is 97.9 Å². The highest BCUT2D eigenvalue weighted by Gasteiger charge is 2.19. The van der Waals surface area contributed by atoms with Gasteiger partial charge >= 0.3 is 0 Å². The summed E-state index contributed by atoms with van der Waals surface area (Å²) in [6.07, 6.45) is 6.31. The van der Waals surface area contributed by atoms with E-state index in [1.54, 1.807) is 0 Å². The maximum atomic E-state index is 12.0. The van der Waals surface area contributed by atoms with Crippen molar-refractivity contribution in [3.8, 4) is 0 Å². The summed E-state index contributed by atoms with van der Waals surface area (Å²) in [6.45, 7) is 6.11. The summed E-state index contributed by atoms with van der Waals surface area (Å²) in [5.41, 5.74) is 1.34. The molecule has 3 nitrogen and oxygen atoms in total. The lowest BCUT2D eigenvalue weighted by atomic mass is 10.0. The molecule has 1 fully saturated rings. The molecular weight excluding hydrogens is 200 g/mol. The molecule has 2 aliphatic heterocycles. The van der Waals surface area contributed by atoms with Crippen LogP contribution in [0.5, 0.6) is 0 Å². The van der Waals surface area contributed by atoms with Crippen LogP contribution in [0.2, 0.25) is 0 Å². The SMILES string of the molecule is CC1=CCCN(C(=O)CCC2CCNC2)C1. The number of carbonyl (C=O) groups excluding carboxylic acids is 1. The fraction of sp³-hybridized carbons (Fsp3) is 0.769. The minimum atomic E-state index is 0.347. The van der Waals surface area contributed by atoms with Gasteiger partial charge in [-0.3, -0.25) is 4.79 Å². The van der Waals surface area contributed by atoms with Gasteiger partial charge in [0.2, 0.25) is 5.91 Å². The summed E-state index contributed by atoms with van der Waals surface area (Å²) in [7, 11) is 0. The highest BCUT2D eigenvalue weighted by molar-refractivity contribution is 5.76. The van der Waals surface area contributed by atoms with Crippen molar-refractivity contribution in [2.75, 3.05) is 26.2 Å². The zero-order valence-corrected chi connectivity index (χ0v) is 10.2. The molecule has 1 atom stereocenters. The first-order valence-electron chi connectivity index (χ1n) is 6.40. The van der Waals surface area contributed by atoms with E-state index in [1.807, 2.05) is 4.90 Å². The number of hydrogen-bond acceptors (Lipinski definition) is 2. The van der Waals surface area contributed by atoms with Gasteiger partial charge in [0.15, 0.2) is 0 Å². The van der Waals surface area contributed by atoms with Crippen LogP contribution < -0.4 is 5.32 Å². The summed E-state index contributed by atoms with van der Waals surface area (Å²) >= 11 is 0. The highest BCUT2D eigenvalue weighted by atomic mass is 16.2. The number of rotatable bonds is 3. The van der Waals surface area contributed by atoms with Crippen LogP contribution in [0.25, 0.3) is 0 Å². The van der Waals surface area contributed by atoms with Crippen LogP contribution in [-0.2, 0) is 4.79 Å². The van der Waals surface area contributed by atoms with Crippen molar-refractivity contribution in [3.63, 3.8) is 0 Å². The Morgan fingerprint density at radius 2 is 2.50 bits per heavy atom. The summed E-state index contributed by atoms with van der Waals surface area (Å²) < 4.78 is 0. The molecule has 0 aromatic heterocycles. The van der Waals surface area contributed by atoms with E-state index in [1.165, 1.54) is 12.0 Å². The third-order valence-electron chi connectivity index (χ3n) is 3.61. The van der Waals surface area contributed by atoms with Crippen molar-refractivity contribution >= 4 is 5.91 Å². The first-order valence-corrected chi connectivity index (χ1v) is 6.40. The van der Waals surface area contributed by atoms with Crippen LogP contribution in [-0.4, -0.2) is 37.0 Å². The molecule has 0 aromatic rings. The lowest BCUT2D eigenvalue weighted by Crippen LogP contribution is -2.35. The van der Waals surface area contributed by atoms with Crippen molar-refractivity contribution in [2.24, 2.45) is 5.92 Å². The molecule has 0 spiro atoms. The number of hydrogen-bond donors (Lipinski definition) is 1. The fourth-order valence-electron chi connectivity index (χ4n) is 2.57. The molecule has 90 valence electrons. The Bertz CT molecular complexity index is 280. The normalized spacial score (nSPS) is 25.7. The van der Waals surface area contributed by atoms with Gasteiger partial charge in [-0.2, -0.15) is 0 Å². The number of nitrogens with zero attached hydrogens (tertiary/aromatic N) is 1. The quantitative estimate of drug-likeness (QED) is 0.735. The molecule has 0 aromatic carbocycles. The minimum absolute atomic E-state index is 0.347. The first-order chi connectivity index (χ1) is 7.75. The maximum absolute atomic E-state index is 12.0. The molecule has 0 radical (unpaired) electrons. The number of carbonyl (C=O) groups is 1. The van der Waals surface area contributed by atoms with E-state index in [4.69, 9.17) is 0 Å². The average Bonchev–Trinajstić information content (AvgIpc) is 2.78. The molecule has 3 heteroatoms. The summed E-state index contributed by atoms with van der Waals surface area (Å²) in [6, 6.07) is 0. The van der Waals surface area contributed by atoms with Crippen LogP contribution in [0.3, 0.4) is 0 Å². The predicted molar refractivity (Wildman–Crippen MR) is 65.2 cm³/mol. The van der Waals surface area contributed by atoms with Gasteiger partial charge in [-0.1, -0.05) is 11.6 Å². The Morgan fingerprint density at radius 1 is 1.62 bits per heavy atom. The van der Waals surface area contributed by atoms with Crippen molar-refractivity contribution < 1.29 is 4.79 Å². The third kappa shape index (κ3) is 3.08.